The van der Waals surface area contributed by atoms with E-state index in [1.54, 1.807) is 7.11 Å². The molecule has 2 heterocycles. The standard InChI is InChI=1S/C16H25NO3/c1-5-15-12(6-7-20-15)14(18)8-13-11(3)16(19-4)10(2)9-17-13/h9,12,14-15,18H,5-8H2,1-4H3. The summed E-state index contributed by atoms with van der Waals surface area (Å²) in [6.45, 7) is 6.85. The highest BCUT2D eigenvalue weighted by molar-refractivity contribution is 5.41. The molecule has 0 amide bonds. The summed E-state index contributed by atoms with van der Waals surface area (Å²) in [7, 11) is 1.67. The molecule has 4 heteroatoms. The van der Waals surface area contributed by atoms with E-state index in [4.69, 9.17) is 9.47 Å². The first-order valence-electron chi connectivity index (χ1n) is 7.37. The molecule has 1 aromatic rings. The van der Waals surface area contributed by atoms with Crippen LogP contribution in [0.2, 0.25) is 0 Å². The molecule has 1 fully saturated rings. The van der Waals surface area contributed by atoms with Gasteiger partial charge in [-0.25, -0.2) is 0 Å². The smallest absolute Gasteiger partial charge is 0.128 e. The Morgan fingerprint density at radius 3 is 2.90 bits per heavy atom. The summed E-state index contributed by atoms with van der Waals surface area (Å²) in [6.07, 6.45) is 4.04. The van der Waals surface area contributed by atoms with Crippen molar-refractivity contribution in [3.63, 3.8) is 0 Å². The number of nitrogens with zero attached hydrogens (tertiary/aromatic N) is 1. The van der Waals surface area contributed by atoms with E-state index in [-0.39, 0.29) is 12.0 Å². The van der Waals surface area contributed by atoms with Crippen LogP contribution in [0.5, 0.6) is 5.75 Å². The number of pyridine rings is 1. The van der Waals surface area contributed by atoms with Gasteiger partial charge < -0.3 is 14.6 Å². The summed E-state index contributed by atoms with van der Waals surface area (Å²) in [5.41, 5.74) is 2.97. The van der Waals surface area contributed by atoms with Crippen LogP contribution in [0.15, 0.2) is 6.20 Å². The molecular formula is C16H25NO3. The van der Waals surface area contributed by atoms with E-state index in [9.17, 15) is 5.11 Å². The zero-order valence-electron chi connectivity index (χ0n) is 12.8. The molecule has 2 rings (SSSR count). The summed E-state index contributed by atoms with van der Waals surface area (Å²) >= 11 is 0. The largest absolute Gasteiger partial charge is 0.496 e. The number of hydrogen-bond donors (Lipinski definition) is 1. The number of aliphatic hydroxyl groups is 1. The summed E-state index contributed by atoms with van der Waals surface area (Å²) in [5, 5.41) is 10.5. The number of hydrogen-bond acceptors (Lipinski definition) is 4. The van der Waals surface area contributed by atoms with Crippen molar-refractivity contribution in [3.8, 4) is 5.75 Å². The van der Waals surface area contributed by atoms with Gasteiger partial charge in [0.15, 0.2) is 0 Å². The Morgan fingerprint density at radius 2 is 2.25 bits per heavy atom. The summed E-state index contributed by atoms with van der Waals surface area (Å²) < 4.78 is 11.1. The Bertz CT molecular complexity index is 461. The highest BCUT2D eigenvalue weighted by atomic mass is 16.5. The predicted octanol–water partition coefficient (Wildman–Crippen LogP) is 2.43. The van der Waals surface area contributed by atoms with Crippen molar-refractivity contribution in [2.45, 2.75) is 52.2 Å². The molecular weight excluding hydrogens is 254 g/mol. The van der Waals surface area contributed by atoms with Crippen LogP contribution in [-0.4, -0.2) is 36.0 Å². The number of aromatic nitrogens is 1. The van der Waals surface area contributed by atoms with Gasteiger partial charge in [0.2, 0.25) is 0 Å². The molecule has 1 N–H and O–H groups in total. The van der Waals surface area contributed by atoms with E-state index in [2.05, 4.69) is 11.9 Å². The van der Waals surface area contributed by atoms with E-state index < -0.39 is 6.10 Å². The molecule has 1 aliphatic heterocycles. The highest BCUT2D eigenvalue weighted by Gasteiger charge is 2.33. The lowest BCUT2D eigenvalue weighted by atomic mass is 9.89. The monoisotopic (exact) mass is 279 g/mol. The molecule has 1 aromatic heterocycles. The lowest BCUT2D eigenvalue weighted by Crippen LogP contribution is -2.30. The van der Waals surface area contributed by atoms with E-state index >= 15 is 0 Å². The van der Waals surface area contributed by atoms with Crippen LogP contribution in [0.4, 0.5) is 0 Å². The third-order valence-corrected chi connectivity index (χ3v) is 4.31. The van der Waals surface area contributed by atoms with Crippen molar-refractivity contribution < 1.29 is 14.6 Å². The maximum absolute atomic E-state index is 10.5. The van der Waals surface area contributed by atoms with Crippen LogP contribution in [0.25, 0.3) is 0 Å². The minimum atomic E-state index is -0.402. The molecule has 20 heavy (non-hydrogen) atoms. The highest BCUT2D eigenvalue weighted by Crippen LogP contribution is 2.30. The van der Waals surface area contributed by atoms with Gasteiger partial charge in [0, 0.05) is 42.0 Å². The van der Waals surface area contributed by atoms with E-state index in [0.29, 0.717) is 6.42 Å². The van der Waals surface area contributed by atoms with Gasteiger partial charge in [-0.1, -0.05) is 6.92 Å². The van der Waals surface area contributed by atoms with Crippen molar-refractivity contribution in [2.75, 3.05) is 13.7 Å². The number of methoxy groups -OCH3 is 1. The maximum atomic E-state index is 10.5. The van der Waals surface area contributed by atoms with Crippen LogP contribution >= 0.6 is 0 Å². The minimum absolute atomic E-state index is 0.178. The topological polar surface area (TPSA) is 51.6 Å². The molecule has 0 aliphatic carbocycles. The summed E-state index contributed by atoms with van der Waals surface area (Å²) in [6, 6.07) is 0. The van der Waals surface area contributed by atoms with E-state index in [1.165, 1.54) is 0 Å². The van der Waals surface area contributed by atoms with Gasteiger partial charge in [0.25, 0.3) is 0 Å². The maximum Gasteiger partial charge on any atom is 0.128 e. The van der Waals surface area contributed by atoms with Crippen LogP contribution in [-0.2, 0) is 11.2 Å². The molecule has 4 nitrogen and oxygen atoms in total. The normalized spacial score (nSPS) is 23.9. The molecule has 3 atom stereocenters. The van der Waals surface area contributed by atoms with Crippen molar-refractivity contribution >= 4 is 0 Å². The second-order valence-corrected chi connectivity index (χ2v) is 5.59. The number of aryl methyl sites for hydroxylation is 1. The fourth-order valence-corrected chi connectivity index (χ4v) is 3.15. The molecule has 0 bridgehead atoms. The van der Waals surface area contributed by atoms with Gasteiger partial charge in [-0.2, -0.15) is 0 Å². The number of rotatable bonds is 5. The quantitative estimate of drug-likeness (QED) is 0.899. The van der Waals surface area contributed by atoms with Crippen LogP contribution in [0.1, 0.15) is 36.6 Å². The first-order valence-corrected chi connectivity index (χ1v) is 7.37. The SMILES string of the molecule is CCC1OCCC1C(O)Cc1ncc(C)c(OC)c1C. The number of ether oxygens (including phenoxy) is 2. The Kier molecular flexibility index (Phi) is 5.00. The second-order valence-electron chi connectivity index (χ2n) is 5.59. The van der Waals surface area contributed by atoms with Gasteiger partial charge in [-0.05, 0) is 26.7 Å². The van der Waals surface area contributed by atoms with Crippen LogP contribution in [0, 0.1) is 19.8 Å². The molecule has 1 aliphatic rings. The van der Waals surface area contributed by atoms with Gasteiger partial charge in [-0.15, -0.1) is 0 Å². The zero-order valence-corrected chi connectivity index (χ0v) is 12.8. The lowest BCUT2D eigenvalue weighted by Gasteiger charge is -2.23. The molecule has 0 aromatic carbocycles. The average molecular weight is 279 g/mol. The Hall–Kier alpha value is -1.13. The summed E-state index contributed by atoms with van der Waals surface area (Å²) in [5.74, 6) is 1.09. The summed E-state index contributed by atoms with van der Waals surface area (Å²) in [4.78, 5) is 4.47. The van der Waals surface area contributed by atoms with Crippen molar-refractivity contribution in [1.82, 2.24) is 4.98 Å². The van der Waals surface area contributed by atoms with E-state index in [1.807, 2.05) is 20.0 Å². The van der Waals surface area contributed by atoms with Crippen molar-refractivity contribution in [2.24, 2.45) is 5.92 Å². The average Bonchev–Trinajstić information content (AvgIpc) is 2.91. The third-order valence-electron chi connectivity index (χ3n) is 4.31. The second kappa shape index (κ2) is 6.55. The predicted molar refractivity (Wildman–Crippen MR) is 78.1 cm³/mol. The van der Waals surface area contributed by atoms with Crippen molar-refractivity contribution in [1.29, 1.82) is 0 Å². The Morgan fingerprint density at radius 1 is 1.50 bits per heavy atom. The molecule has 112 valence electrons. The van der Waals surface area contributed by atoms with Gasteiger partial charge in [0.1, 0.15) is 5.75 Å². The molecule has 1 saturated heterocycles. The minimum Gasteiger partial charge on any atom is -0.496 e. The molecule has 0 radical (unpaired) electrons. The van der Waals surface area contributed by atoms with Gasteiger partial charge in [-0.3, -0.25) is 4.98 Å². The lowest BCUT2D eigenvalue weighted by molar-refractivity contribution is 0.0313. The van der Waals surface area contributed by atoms with Crippen LogP contribution < -0.4 is 4.74 Å². The Balaban J connectivity index is 2.13. The zero-order chi connectivity index (χ0) is 14.7. The molecule has 0 spiro atoms. The van der Waals surface area contributed by atoms with Gasteiger partial charge >= 0.3 is 0 Å². The first-order chi connectivity index (χ1) is 9.58. The number of aliphatic hydroxyl groups excluding tert-OH is 1. The van der Waals surface area contributed by atoms with Crippen molar-refractivity contribution in [3.05, 3.63) is 23.0 Å². The Labute approximate surface area is 121 Å². The van der Waals surface area contributed by atoms with Crippen LogP contribution in [0.3, 0.4) is 0 Å². The van der Waals surface area contributed by atoms with E-state index in [0.717, 1.165) is 42.0 Å². The molecule has 3 unspecified atom stereocenters. The first kappa shape index (κ1) is 15.3. The fourth-order valence-electron chi connectivity index (χ4n) is 3.15. The third kappa shape index (κ3) is 2.96. The fraction of sp³-hybridized carbons (Fsp3) is 0.688. The molecule has 0 saturated carbocycles. The van der Waals surface area contributed by atoms with Gasteiger partial charge in [0.05, 0.1) is 19.3 Å².